The monoisotopic (exact) mass is 277 g/mol. The summed E-state index contributed by atoms with van der Waals surface area (Å²) in [6, 6.07) is 3.54. The van der Waals surface area contributed by atoms with Crippen molar-refractivity contribution >= 4 is 11.7 Å². The maximum absolute atomic E-state index is 12.2. The average molecular weight is 277 g/mol. The predicted octanol–water partition coefficient (Wildman–Crippen LogP) is 3.17. The van der Waals surface area contributed by atoms with Gasteiger partial charge in [0.1, 0.15) is 5.82 Å². The minimum Gasteiger partial charge on any atom is -0.370 e. The maximum Gasteiger partial charge on any atom is 0.251 e. The summed E-state index contributed by atoms with van der Waals surface area (Å²) in [5.74, 6) is 2.33. The van der Waals surface area contributed by atoms with Crippen molar-refractivity contribution in [2.45, 2.75) is 34.6 Å². The van der Waals surface area contributed by atoms with Crippen molar-refractivity contribution in [2.24, 2.45) is 17.8 Å². The number of anilines is 1. The van der Waals surface area contributed by atoms with Crippen molar-refractivity contribution in [3.63, 3.8) is 0 Å². The van der Waals surface area contributed by atoms with Crippen LogP contribution in [0.2, 0.25) is 0 Å². The molecule has 0 spiro atoms. The highest BCUT2D eigenvalue weighted by Crippen LogP contribution is 2.19. The summed E-state index contributed by atoms with van der Waals surface area (Å²) in [6.45, 7) is 12.3. The van der Waals surface area contributed by atoms with Crippen LogP contribution in [0.15, 0.2) is 18.3 Å². The molecule has 0 aliphatic carbocycles. The number of aromatic nitrogens is 1. The molecule has 2 N–H and O–H groups in total. The Kier molecular flexibility index (Phi) is 6.49. The van der Waals surface area contributed by atoms with E-state index < -0.39 is 0 Å². The number of nitrogens with one attached hydrogen (secondary N) is 2. The van der Waals surface area contributed by atoms with Crippen LogP contribution < -0.4 is 10.6 Å². The summed E-state index contributed by atoms with van der Waals surface area (Å²) < 4.78 is 0. The van der Waals surface area contributed by atoms with Gasteiger partial charge in [-0.15, -0.1) is 0 Å². The molecular formula is C16H27N3O. The second kappa shape index (κ2) is 7.88. The van der Waals surface area contributed by atoms with E-state index in [0.29, 0.717) is 29.9 Å². The number of rotatable bonds is 7. The van der Waals surface area contributed by atoms with Crippen molar-refractivity contribution in [3.05, 3.63) is 23.9 Å². The highest BCUT2D eigenvalue weighted by Gasteiger charge is 2.18. The van der Waals surface area contributed by atoms with Crippen LogP contribution in [0.4, 0.5) is 5.82 Å². The van der Waals surface area contributed by atoms with Gasteiger partial charge in [0.25, 0.3) is 5.91 Å². The molecule has 112 valence electrons. The second-order valence-corrected chi connectivity index (χ2v) is 5.82. The third kappa shape index (κ3) is 4.83. The molecule has 0 saturated carbocycles. The van der Waals surface area contributed by atoms with Gasteiger partial charge in [0, 0.05) is 24.8 Å². The van der Waals surface area contributed by atoms with E-state index in [1.165, 1.54) is 0 Å². The Bertz CT molecular complexity index is 421. The molecule has 0 bridgehead atoms. The first-order valence-electron chi connectivity index (χ1n) is 7.43. The number of carbonyl (C=O) groups is 1. The number of pyridine rings is 1. The van der Waals surface area contributed by atoms with Gasteiger partial charge in [-0.2, -0.15) is 0 Å². The van der Waals surface area contributed by atoms with Gasteiger partial charge in [-0.3, -0.25) is 4.79 Å². The fourth-order valence-electron chi connectivity index (χ4n) is 2.40. The highest BCUT2D eigenvalue weighted by atomic mass is 16.1. The fourth-order valence-corrected chi connectivity index (χ4v) is 2.40. The number of hydrogen-bond donors (Lipinski definition) is 2. The van der Waals surface area contributed by atoms with Gasteiger partial charge in [-0.1, -0.05) is 27.7 Å². The van der Waals surface area contributed by atoms with E-state index in [9.17, 15) is 4.79 Å². The van der Waals surface area contributed by atoms with E-state index in [1.54, 1.807) is 18.3 Å². The van der Waals surface area contributed by atoms with Gasteiger partial charge in [0.15, 0.2) is 0 Å². The molecule has 4 heteroatoms. The summed E-state index contributed by atoms with van der Waals surface area (Å²) in [5.41, 5.74) is 0.655. The molecule has 0 aliphatic rings. The van der Waals surface area contributed by atoms with E-state index in [-0.39, 0.29) is 5.91 Å². The summed E-state index contributed by atoms with van der Waals surface area (Å²) >= 11 is 0. The number of carbonyl (C=O) groups excluding carboxylic acids is 1. The van der Waals surface area contributed by atoms with Crippen LogP contribution in [0.25, 0.3) is 0 Å². The SMILES string of the molecule is CCNc1cc(C(=O)NCC(C(C)C)C(C)C)ccn1. The van der Waals surface area contributed by atoms with E-state index in [1.807, 2.05) is 6.92 Å². The highest BCUT2D eigenvalue weighted by molar-refractivity contribution is 5.94. The van der Waals surface area contributed by atoms with Crippen LogP contribution in [0.5, 0.6) is 0 Å². The Hall–Kier alpha value is -1.58. The molecule has 1 heterocycles. The Morgan fingerprint density at radius 1 is 1.25 bits per heavy atom. The van der Waals surface area contributed by atoms with E-state index in [2.05, 4.69) is 43.3 Å². The summed E-state index contributed by atoms with van der Waals surface area (Å²) in [6.07, 6.45) is 1.66. The first kappa shape index (κ1) is 16.5. The van der Waals surface area contributed by atoms with Crippen LogP contribution in [0.1, 0.15) is 45.0 Å². The van der Waals surface area contributed by atoms with Gasteiger partial charge in [-0.25, -0.2) is 4.98 Å². The van der Waals surface area contributed by atoms with Crippen molar-refractivity contribution in [2.75, 3.05) is 18.4 Å². The largest absolute Gasteiger partial charge is 0.370 e. The molecular weight excluding hydrogens is 250 g/mol. The predicted molar refractivity (Wildman–Crippen MR) is 83.9 cm³/mol. The second-order valence-electron chi connectivity index (χ2n) is 5.82. The molecule has 1 aromatic rings. The normalized spacial score (nSPS) is 11.2. The molecule has 4 nitrogen and oxygen atoms in total. The Morgan fingerprint density at radius 2 is 1.90 bits per heavy atom. The summed E-state index contributed by atoms with van der Waals surface area (Å²) in [7, 11) is 0. The van der Waals surface area contributed by atoms with Crippen LogP contribution in [0, 0.1) is 17.8 Å². The minimum absolute atomic E-state index is 0.0298. The lowest BCUT2D eigenvalue weighted by atomic mass is 9.85. The van der Waals surface area contributed by atoms with Gasteiger partial charge < -0.3 is 10.6 Å². The Morgan fingerprint density at radius 3 is 2.45 bits per heavy atom. The lowest BCUT2D eigenvalue weighted by Crippen LogP contribution is -2.34. The van der Waals surface area contributed by atoms with Crippen molar-refractivity contribution < 1.29 is 4.79 Å². The smallest absolute Gasteiger partial charge is 0.251 e. The van der Waals surface area contributed by atoms with Crippen LogP contribution in [-0.2, 0) is 0 Å². The Labute approximate surface area is 122 Å². The average Bonchev–Trinajstić information content (AvgIpc) is 2.38. The molecule has 0 aromatic carbocycles. The van der Waals surface area contributed by atoms with Gasteiger partial charge in [0.2, 0.25) is 0 Å². The van der Waals surface area contributed by atoms with Crippen LogP contribution in [-0.4, -0.2) is 24.0 Å². The van der Waals surface area contributed by atoms with Crippen LogP contribution in [0.3, 0.4) is 0 Å². The van der Waals surface area contributed by atoms with Crippen molar-refractivity contribution in [1.29, 1.82) is 0 Å². The standard InChI is InChI=1S/C16H27N3O/c1-6-17-15-9-13(7-8-18-15)16(20)19-10-14(11(2)3)12(4)5/h7-9,11-12,14H,6,10H2,1-5H3,(H,17,18)(H,19,20). The number of amides is 1. The van der Waals surface area contributed by atoms with Gasteiger partial charge in [-0.05, 0) is 36.8 Å². The maximum atomic E-state index is 12.2. The van der Waals surface area contributed by atoms with Gasteiger partial charge >= 0.3 is 0 Å². The lowest BCUT2D eigenvalue weighted by molar-refractivity contribution is 0.0937. The molecule has 1 amide bonds. The summed E-state index contributed by atoms with van der Waals surface area (Å²) in [4.78, 5) is 16.4. The molecule has 1 rings (SSSR count). The lowest BCUT2D eigenvalue weighted by Gasteiger charge is -2.25. The van der Waals surface area contributed by atoms with E-state index in [4.69, 9.17) is 0 Å². The zero-order valence-corrected chi connectivity index (χ0v) is 13.2. The van der Waals surface area contributed by atoms with Crippen molar-refractivity contribution in [1.82, 2.24) is 10.3 Å². The van der Waals surface area contributed by atoms with Crippen LogP contribution >= 0.6 is 0 Å². The quantitative estimate of drug-likeness (QED) is 0.805. The Balaban J connectivity index is 2.64. The molecule has 0 fully saturated rings. The zero-order chi connectivity index (χ0) is 15.1. The van der Waals surface area contributed by atoms with E-state index in [0.717, 1.165) is 12.4 Å². The third-order valence-electron chi connectivity index (χ3n) is 3.59. The molecule has 20 heavy (non-hydrogen) atoms. The first-order valence-corrected chi connectivity index (χ1v) is 7.43. The molecule has 1 aromatic heterocycles. The zero-order valence-electron chi connectivity index (χ0n) is 13.2. The molecule has 0 aliphatic heterocycles. The molecule has 0 unspecified atom stereocenters. The number of hydrogen-bond acceptors (Lipinski definition) is 3. The first-order chi connectivity index (χ1) is 9.45. The summed E-state index contributed by atoms with van der Waals surface area (Å²) in [5, 5.41) is 6.15. The molecule has 0 radical (unpaired) electrons. The molecule has 0 saturated heterocycles. The fraction of sp³-hybridized carbons (Fsp3) is 0.625. The number of nitrogens with zero attached hydrogens (tertiary/aromatic N) is 1. The molecule has 0 atom stereocenters. The third-order valence-corrected chi connectivity index (χ3v) is 3.59. The minimum atomic E-state index is -0.0298. The van der Waals surface area contributed by atoms with Gasteiger partial charge in [0.05, 0.1) is 0 Å². The van der Waals surface area contributed by atoms with E-state index >= 15 is 0 Å². The van der Waals surface area contributed by atoms with Crippen molar-refractivity contribution in [3.8, 4) is 0 Å². The topological polar surface area (TPSA) is 54.0 Å².